The molecule has 7 heteroatoms. The molecule has 1 saturated heterocycles. The van der Waals surface area contributed by atoms with Crippen molar-refractivity contribution in [2.24, 2.45) is 0 Å². The number of hydrogen-bond acceptors (Lipinski definition) is 6. The maximum Gasteiger partial charge on any atom is 0.228 e. The fraction of sp³-hybridized carbons (Fsp3) is 0.429. The molecule has 3 heterocycles. The molecular weight excluding hydrogens is 354 g/mol. The number of rotatable bonds is 4. The minimum Gasteiger partial charge on any atom is -0.356 e. The van der Waals surface area contributed by atoms with Gasteiger partial charge in [0.05, 0.1) is 18.2 Å². The predicted molar refractivity (Wildman–Crippen MR) is 105 cm³/mol. The Labute approximate surface area is 163 Å². The quantitative estimate of drug-likeness (QED) is 0.695. The number of carbonyl (C=O) groups excluding carboxylic acids is 1. The van der Waals surface area contributed by atoms with Crippen molar-refractivity contribution in [1.82, 2.24) is 20.3 Å². The van der Waals surface area contributed by atoms with Crippen molar-refractivity contribution in [3.8, 4) is 0 Å². The monoisotopic (exact) mass is 377 g/mol. The van der Waals surface area contributed by atoms with Crippen LogP contribution in [0.25, 0.3) is 11.0 Å². The summed E-state index contributed by atoms with van der Waals surface area (Å²) in [5, 5.41) is 13.8. The number of nitrogens with zero attached hydrogens (tertiary/aromatic N) is 5. The van der Waals surface area contributed by atoms with Gasteiger partial charge in [0, 0.05) is 25.5 Å². The van der Waals surface area contributed by atoms with Crippen LogP contribution in [0.4, 0.5) is 5.82 Å². The van der Waals surface area contributed by atoms with Crippen molar-refractivity contribution in [1.29, 1.82) is 0 Å². The van der Waals surface area contributed by atoms with Gasteiger partial charge in [-0.05, 0) is 49.4 Å². The minimum atomic E-state index is 0.0558. The predicted octanol–water partition coefficient (Wildman–Crippen LogP) is 2.39. The van der Waals surface area contributed by atoms with Gasteiger partial charge in [-0.1, -0.05) is 17.3 Å². The van der Waals surface area contributed by atoms with Crippen LogP contribution in [-0.4, -0.2) is 52.3 Å². The largest absolute Gasteiger partial charge is 0.356 e. The lowest BCUT2D eigenvalue weighted by atomic mass is 9.96. The van der Waals surface area contributed by atoms with E-state index in [0.717, 1.165) is 42.8 Å². The maximum absolute atomic E-state index is 12.7. The van der Waals surface area contributed by atoms with Crippen molar-refractivity contribution in [2.45, 2.75) is 38.1 Å². The Morgan fingerprint density at radius 3 is 2.93 bits per heavy atom. The average molecular weight is 377 g/mol. The number of amides is 1. The molecule has 0 saturated carbocycles. The fourth-order valence-electron chi connectivity index (χ4n) is 4.06. The molecule has 0 atom stereocenters. The summed E-state index contributed by atoms with van der Waals surface area (Å²) in [7, 11) is 1.87. The van der Waals surface area contributed by atoms with Gasteiger partial charge in [-0.15, -0.1) is 5.10 Å². The summed E-state index contributed by atoms with van der Waals surface area (Å²) >= 11 is 0. The summed E-state index contributed by atoms with van der Waals surface area (Å²) in [4.78, 5) is 16.7. The molecule has 0 spiro atoms. The number of anilines is 1. The molecule has 7 nitrogen and oxygen atoms in total. The van der Waals surface area contributed by atoms with Crippen molar-refractivity contribution in [2.75, 3.05) is 25.0 Å². The molecule has 0 N–H and O–H groups in total. The Bertz CT molecular complexity index is 1020. The second kappa shape index (κ2) is 6.89. The van der Waals surface area contributed by atoms with Gasteiger partial charge in [0.15, 0.2) is 11.4 Å². The van der Waals surface area contributed by atoms with E-state index in [2.05, 4.69) is 26.3 Å². The smallest absolute Gasteiger partial charge is 0.228 e. The van der Waals surface area contributed by atoms with Crippen LogP contribution < -0.4 is 4.90 Å². The highest BCUT2D eigenvalue weighted by molar-refractivity contribution is 5.86. The van der Waals surface area contributed by atoms with Crippen LogP contribution in [0.1, 0.15) is 29.8 Å². The van der Waals surface area contributed by atoms with E-state index in [0.29, 0.717) is 11.3 Å². The minimum absolute atomic E-state index is 0.0558. The molecule has 0 unspecified atom stereocenters. The first-order chi connectivity index (χ1) is 13.7. The molecule has 0 bridgehead atoms. The van der Waals surface area contributed by atoms with Gasteiger partial charge in [0.1, 0.15) is 5.69 Å². The van der Waals surface area contributed by atoms with Gasteiger partial charge >= 0.3 is 0 Å². The van der Waals surface area contributed by atoms with E-state index in [4.69, 9.17) is 4.52 Å². The zero-order chi connectivity index (χ0) is 19.1. The third-order valence-corrected chi connectivity index (χ3v) is 5.96. The zero-order valence-corrected chi connectivity index (χ0v) is 16.0. The Morgan fingerprint density at radius 2 is 2.04 bits per heavy atom. The second-order valence-electron chi connectivity index (χ2n) is 7.75. The number of carbonyl (C=O) groups is 1. The van der Waals surface area contributed by atoms with Crippen molar-refractivity contribution >= 4 is 22.7 Å². The van der Waals surface area contributed by atoms with Gasteiger partial charge in [-0.3, -0.25) is 4.79 Å². The molecule has 5 rings (SSSR count). The lowest BCUT2D eigenvalue weighted by Crippen LogP contribution is -2.60. The summed E-state index contributed by atoms with van der Waals surface area (Å²) in [6.07, 6.45) is 4.83. The molecule has 28 heavy (non-hydrogen) atoms. The normalized spacial score (nSPS) is 16.7. The van der Waals surface area contributed by atoms with Crippen LogP contribution in [0.15, 0.2) is 34.9 Å². The average Bonchev–Trinajstić information content (AvgIpc) is 3.09. The van der Waals surface area contributed by atoms with Crippen LogP contribution in [0.5, 0.6) is 0 Å². The molecular formula is C21H23N5O2. The van der Waals surface area contributed by atoms with E-state index in [1.54, 1.807) is 0 Å². The molecule has 1 aliphatic heterocycles. The molecule has 0 radical (unpaired) electrons. The maximum atomic E-state index is 12.7. The third-order valence-electron chi connectivity index (χ3n) is 5.96. The number of hydrogen-bond donors (Lipinski definition) is 0. The van der Waals surface area contributed by atoms with E-state index < -0.39 is 0 Å². The van der Waals surface area contributed by atoms with Gasteiger partial charge in [-0.2, -0.15) is 5.10 Å². The first kappa shape index (κ1) is 17.2. The van der Waals surface area contributed by atoms with Gasteiger partial charge in [-0.25, -0.2) is 0 Å². The number of para-hydroxylation sites is 1. The standard InChI is InChI=1S/C21H23N5O2/c1-25(21(27)11-18-16-7-3-5-9-19(16)28-24-18)15-12-26(13-15)20-10-14-6-2-4-8-17(14)22-23-20/h3,5,7,9-10,15H,2,4,6,8,11-13H2,1H3. The van der Waals surface area contributed by atoms with Crippen molar-refractivity contribution < 1.29 is 9.32 Å². The van der Waals surface area contributed by atoms with Gasteiger partial charge in [0.25, 0.3) is 0 Å². The van der Waals surface area contributed by atoms with Crippen molar-refractivity contribution in [3.63, 3.8) is 0 Å². The van der Waals surface area contributed by atoms with Crippen LogP contribution >= 0.6 is 0 Å². The molecule has 2 aromatic heterocycles. The SMILES string of the molecule is CN(C(=O)Cc1noc2ccccc12)C1CN(c2cc3c(nn2)CCCC3)C1. The molecule has 1 aliphatic carbocycles. The van der Waals surface area contributed by atoms with E-state index >= 15 is 0 Å². The van der Waals surface area contributed by atoms with E-state index in [1.807, 2.05) is 36.2 Å². The van der Waals surface area contributed by atoms with Crippen LogP contribution in [0, 0.1) is 0 Å². The summed E-state index contributed by atoms with van der Waals surface area (Å²) in [5.74, 6) is 0.987. The number of aryl methyl sites for hydroxylation is 2. The fourth-order valence-corrected chi connectivity index (χ4v) is 4.06. The van der Waals surface area contributed by atoms with E-state index in [9.17, 15) is 4.79 Å². The van der Waals surface area contributed by atoms with Gasteiger partial charge < -0.3 is 14.3 Å². The summed E-state index contributed by atoms with van der Waals surface area (Å²) < 4.78 is 5.31. The lowest BCUT2D eigenvalue weighted by Gasteiger charge is -2.44. The van der Waals surface area contributed by atoms with Crippen LogP contribution in [-0.2, 0) is 24.1 Å². The second-order valence-corrected chi connectivity index (χ2v) is 7.75. The molecule has 2 aliphatic rings. The van der Waals surface area contributed by atoms with Crippen LogP contribution in [0.2, 0.25) is 0 Å². The van der Waals surface area contributed by atoms with Gasteiger partial charge in [0.2, 0.25) is 5.91 Å². The van der Waals surface area contributed by atoms with E-state index in [-0.39, 0.29) is 18.4 Å². The summed E-state index contributed by atoms with van der Waals surface area (Å²) in [6, 6.07) is 10.0. The third kappa shape index (κ3) is 3.00. The van der Waals surface area contributed by atoms with E-state index in [1.165, 1.54) is 18.4 Å². The van der Waals surface area contributed by atoms with Crippen LogP contribution in [0.3, 0.4) is 0 Å². The van der Waals surface area contributed by atoms with Crippen molar-refractivity contribution in [3.05, 3.63) is 47.3 Å². The topological polar surface area (TPSA) is 75.4 Å². The Morgan fingerprint density at radius 1 is 1.21 bits per heavy atom. The highest BCUT2D eigenvalue weighted by atomic mass is 16.5. The first-order valence-electron chi connectivity index (χ1n) is 9.88. The molecule has 1 amide bonds. The highest BCUT2D eigenvalue weighted by Crippen LogP contribution is 2.26. The molecule has 3 aromatic rings. The zero-order valence-electron chi connectivity index (χ0n) is 16.0. The highest BCUT2D eigenvalue weighted by Gasteiger charge is 2.34. The summed E-state index contributed by atoms with van der Waals surface area (Å²) in [5.41, 5.74) is 3.90. The molecule has 1 fully saturated rings. The summed E-state index contributed by atoms with van der Waals surface area (Å²) in [6.45, 7) is 1.57. The Kier molecular flexibility index (Phi) is 4.22. The Balaban J connectivity index is 1.21. The number of fused-ring (bicyclic) bond motifs is 2. The Hall–Kier alpha value is -2.96. The first-order valence-corrected chi connectivity index (χ1v) is 9.88. The molecule has 144 valence electrons. The lowest BCUT2D eigenvalue weighted by molar-refractivity contribution is -0.131. The number of likely N-dealkylation sites (N-methyl/N-ethyl adjacent to an activating group) is 1. The number of benzene rings is 1. The molecule has 1 aromatic carbocycles. The number of aromatic nitrogens is 3.